The zero-order chi connectivity index (χ0) is 21.5. The molecule has 0 aromatic heterocycles. The first-order valence-electron chi connectivity index (χ1n) is 10.9. The van der Waals surface area contributed by atoms with Crippen molar-refractivity contribution in [2.24, 2.45) is 0 Å². The summed E-state index contributed by atoms with van der Waals surface area (Å²) in [5, 5.41) is 0. The molecule has 0 bridgehead atoms. The Balaban J connectivity index is 1.32. The number of carbonyl (C=O) groups excluding carboxylic acids is 1. The minimum absolute atomic E-state index is 0.0148. The lowest BCUT2D eigenvalue weighted by Gasteiger charge is -2.31. The van der Waals surface area contributed by atoms with Gasteiger partial charge in [-0.05, 0) is 54.8 Å². The van der Waals surface area contributed by atoms with Crippen molar-refractivity contribution in [3.8, 4) is 0 Å². The number of nitrogens with zero attached hydrogens (tertiary/aromatic N) is 2. The van der Waals surface area contributed by atoms with Crippen LogP contribution < -0.4 is 4.90 Å². The third-order valence-corrected chi connectivity index (χ3v) is 6.58. The Morgan fingerprint density at radius 3 is 2.48 bits per heavy atom. The van der Waals surface area contributed by atoms with Crippen LogP contribution in [0.1, 0.15) is 18.4 Å². The lowest BCUT2D eigenvalue weighted by molar-refractivity contribution is -0.0391. The van der Waals surface area contributed by atoms with Crippen molar-refractivity contribution < 1.29 is 19.0 Å². The quantitative estimate of drug-likeness (QED) is 0.663. The summed E-state index contributed by atoms with van der Waals surface area (Å²) in [6, 6.07) is 16.6. The van der Waals surface area contributed by atoms with E-state index in [0.717, 1.165) is 36.6 Å². The van der Waals surface area contributed by atoms with Gasteiger partial charge in [0, 0.05) is 48.8 Å². The first kappa shape index (κ1) is 22.1. The van der Waals surface area contributed by atoms with Gasteiger partial charge in [0.15, 0.2) is 0 Å². The summed E-state index contributed by atoms with van der Waals surface area (Å²) in [5.41, 5.74) is 2.07. The molecule has 0 radical (unpaired) electrons. The molecular formula is C24H30N2O4S. The predicted molar refractivity (Wildman–Crippen MR) is 122 cm³/mol. The maximum Gasteiger partial charge on any atom is 0.324 e. The Hall–Kier alpha value is -2.06. The maximum absolute atomic E-state index is 12.7. The van der Waals surface area contributed by atoms with E-state index >= 15 is 0 Å². The van der Waals surface area contributed by atoms with Gasteiger partial charge in [-0.3, -0.25) is 4.90 Å². The van der Waals surface area contributed by atoms with Gasteiger partial charge in [-0.25, -0.2) is 4.79 Å². The molecule has 2 aliphatic rings. The van der Waals surface area contributed by atoms with E-state index in [9.17, 15) is 4.79 Å². The molecule has 4 rings (SSSR count). The van der Waals surface area contributed by atoms with Crippen molar-refractivity contribution in [3.05, 3.63) is 54.1 Å². The highest BCUT2D eigenvalue weighted by Crippen LogP contribution is 2.30. The van der Waals surface area contributed by atoms with E-state index in [1.54, 1.807) is 16.7 Å². The number of hydrogen-bond acceptors (Lipinski definition) is 5. The summed E-state index contributed by atoms with van der Waals surface area (Å²) in [5.74, 6) is 0. The highest BCUT2D eigenvalue weighted by molar-refractivity contribution is 7.99. The summed E-state index contributed by atoms with van der Waals surface area (Å²) in [6.07, 6.45) is 2.25. The van der Waals surface area contributed by atoms with Gasteiger partial charge in [0.1, 0.15) is 0 Å². The van der Waals surface area contributed by atoms with Crippen LogP contribution in [-0.4, -0.2) is 63.6 Å². The van der Waals surface area contributed by atoms with Crippen LogP contribution in [0.25, 0.3) is 0 Å². The first-order valence-corrected chi connectivity index (χ1v) is 11.7. The van der Waals surface area contributed by atoms with Crippen LogP contribution in [0.3, 0.4) is 0 Å². The number of carbonyl (C=O) groups is 1. The third-order valence-electron chi connectivity index (χ3n) is 5.58. The number of hydrogen-bond donors (Lipinski definition) is 0. The Bertz CT molecular complexity index is 849. The van der Waals surface area contributed by atoms with E-state index < -0.39 is 0 Å². The molecule has 2 amide bonds. The number of benzene rings is 2. The van der Waals surface area contributed by atoms with Gasteiger partial charge in [-0.15, -0.1) is 0 Å². The summed E-state index contributed by atoms with van der Waals surface area (Å²) in [4.78, 5) is 18.5. The van der Waals surface area contributed by atoms with E-state index in [1.807, 2.05) is 24.1 Å². The Labute approximate surface area is 188 Å². The molecule has 166 valence electrons. The van der Waals surface area contributed by atoms with Crippen molar-refractivity contribution in [1.29, 1.82) is 0 Å². The summed E-state index contributed by atoms with van der Waals surface area (Å²) >= 11 is 1.71. The normalized spacial score (nSPS) is 17.5. The molecule has 2 saturated heterocycles. The Kier molecular flexibility index (Phi) is 7.86. The Morgan fingerprint density at radius 1 is 1.03 bits per heavy atom. The first-order chi connectivity index (χ1) is 15.2. The van der Waals surface area contributed by atoms with Crippen LogP contribution in [0, 0.1) is 0 Å². The van der Waals surface area contributed by atoms with Crippen molar-refractivity contribution in [2.45, 2.75) is 35.3 Å². The Morgan fingerprint density at radius 2 is 1.74 bits per heavy atom. The van der Waals surface area contributed by atoms with E-state index in [0.29, 0.717) is 39.0 Å². The summed E-state index contributed by atoms with van der Waals surface area (Å²) in [6.45, 7) is 4.72. The second kappa shape index (κ2) is 11.0. The molecule has 7 heteroatoms. The molecule has 0 atom stereocenters. The summed E-state index contributed by atoms with van der Waals surface area (Å²) in [7, 11) is 1.82. The lowest BCUT2D eigenvalue weighted by atomic mass is 10.1. The monoisotopic (exact) mass is 442 g/mol. The lowest BCUT2D eigenvalue weighted by Crippen LogP contribution is -2.47. The van der Waals surface area contributed by atoms with Gasteiger partial charge in [0.05, 0.1) is 25.9 Å². The molecule has 0 aliphatic carbocycles. The minimum Gasteiger partial charge on any atom is -0.381 e. The second-order valence-corrected chi connectivity index (χ2v) is 8.95. The van der Waals surface area contributed by atoms with Gasteiger partial charge in [-0.2, -0.15) is 0 Å². The van der Waals surface area contributed by atoms with E-state index in [-0.39, 0.29) is 6.03 Å². The highest BCUT2D eigenvalue weighted by atomic mass is 32.2. The standard InChI is InChI=1S/C24H30N2O4S/c1-25(24(27)26-11-15-29-16-12-26)20-5-7-22(8-6-20)31-23-4-2-3-19(17-23)18-30-21-9-13-28-14-10-21/h2-8,17,21H,9-16,18H2,1H3. The van der Waals surface area contributed by atoms with Gasteiger partial charge < -0.3 is 19.1 Å². The number of anilines is 1. The fourth-order valence-corrected chi connectivity index (χ4v) is 4.61. The van der Waals surface area contributed by atoms with Crippen molar-refractivity contribution in [1.82, 2.24) is 4.90 Å². The molecule has 2 heterocycles. The zero-order valence-electron chi connectivity index (χ0n) is 18.0. The van der Waals surface area contributed by atoms with E-state index in [1.165, 1.54) is 10.5 Å². The fourth-order valence-electron chi connectivity index (χ4n) is 3.71. The van der Waals surface area contributed by atoms with Crippen LogP contribution in [0.5, 0.6) is 0 Å². The van der Waals surface area contributed by atoms with Gasteiger partial charge in [0.2, 0.25) is 0 Å². The second-order valence-electron chi connectivity index (χ2n) is 7.81. The molecule has 0 spiro atoms. The van der Waals surface area contributed by atoms with Gasteiger partial charge in [-0.1, -0.05) is 23.9 Å². The van der Waals surface area contributed by atoms with E-state index in [4.69, 9.17) is 14.2 Å². The van der Waals surface area contributed by atoms with Crippen molar-refractivity contribution >= 4 is 23.5 Å². The molecule has 0 unspecified atom stereocenters. The van der Waals surface area contributed by atoms with Crippen LogP contribution in [0.4, 0.5) is 10.5 Å². The predicted octanol–water partition coefficient (Wildman–Crippen LogP) is 4.42. The zero-order valence-corrected chi connectivity index (χ0v) is 18.8. The number of amides is 2. The van der Waals surface area contributed by atoms with Crippen LogP contribution in [-0.2, 0) is 20.8 Å². The number of morpholine rings is 1. The molecule has 2 aromatic rings. The summed E-state index contributed by atoms with van der Waals surface area (Å²) < 4.78 is 16.8. The highest BCUT2D eigenvalue weighted by Gasteiger charge is 2.21. The average Bonchev–Trinajstić information content (AvgIpc) is 2.84. The molecular weight excluding hydrogens is 412 g/mol. The van der Waals surface area contributed by atoms with Crippen molar-refractivity contribution in [2.75, 3.05) is 51.5 Å². The minimum atomic E-state index is 0.0148. The smallest absolute Gasteiger partial charge is 0.324 e. The molecule has 0 saturated carbocycles. The molecule has 6 nitrogen and oxygen atoms in total. The fraction of sp³-hybridized carbons (Fsp3) is 0.458. The number of urea groups is 1. The number of rotatable bonds is 6. The average molecular weight is 443 g/mol. The van der Waals surface area contributed by atoms with Crippen LogP contribution >= 0.6 is 11.8 Å². The van der Waals surface area contributed by atoms with Crippen LogP contribution in [0.2, 0.25) is 0 Å². The molecule has 2 aromatic carbocycles. The number of ether oxygens (including phenoxy) is 3. The van der Waals surface area contributed by atoms with Crippen molar-refractivity contribution in [3.63, 3.8) is 0 Å². The third kappa shape index (κ3) is 6.23. The van der Waals surface area contributed by atoms with E-state index in [2.05, 4.69) is 36.4 Å². The maximum atomic E-state index is 12.7. The van der Waals surface area contributed by atoms with Gasteiger partial charge in [0.25, 0.3) is 0 Å². The molecule has 0 N–H and O–H groups in total. The van der Waals surface area contributed by atoms with Gasteiger partial charge >= 0.3 is 6.03 Å². The molecule has 31 heavy (non-hydrogen) atoms. The largest absolute Gasteiger partial charge is 0.381 e. The topological polar surface area (TPSA) is 51.2 Å². The molecule has 2 aliphatic heterocycles. The molecule has 2 fully saturated rings. The van der Waals surface area contributed by atoms with Crippen LogP contribution in [0.15, 0.2) is 58.3 Å². The SMILES string of the molecule is CN(C(=O)N1CCOCC1)c1ccc(Sc2cccc(COC3CCOCC3)c2)cc1.